The van der Waals surface area contributed by atoms with Crippen LogP contribution >= 0.6 is 15.9 Å². The average Bonchev–Trinajstić information content (AvgIpc) is 2.71. The van der Waals surface area contributed by atoms with Crippen LogP contribution in [0.25, 0.3) is 5.69 Å². The SMILES string of the molecule is COc1cc(-n2c(Br)ccc2C=O)ccc1C. The van der Waals surface area contributed by atoms with E-state index in [1.54, 1.807) is 13.2 Å². The van der Waals surface area contributed by atoms with Crippen LogP contribution in [0.15, 0.2) is 34.9 Å². The van der Waals surface area contributed by atoms with Crippen molar-refractivity contribution in [2.45, 2.75) is 6.92 Å². The smallest absolute Gasteiger partial charge is 0.166 e. The van der Waals surface area contributed by atoms with E-state index in [1.807, 2.05) is 35.8 Å². The van der Waals surface area contributed by atoms with Gasteiger partial charge in [-0.05, 0) is 46.6 Å². The molecule has 4 heteroatoms. The molecule has 0 fully saturated rings. The first-order valence-corrected chi connectivity index (χ1v) is 5.94. The monoisotopic (exact) mass is 293 g/mol. The summed E-state index contributed by atoms with van der Waals surface area (Å²) in [5.74, 6) is 0.806. The maximum Gasteiger partial charge on any atom is 0.166 e. The number of nitrogens with zero attached hydrogens (tertiary/aromatic N) is 1. The van der Waals surface area contributed by atoms with Crippen LogP contribution in [0.3, 0.4) is 0 Å². The molecule has 2 aromatic rings. The Morgan fingerprint density at radius 2 is 2.06 bits per heavy atom. The van der Waals surface area contributed by atoms with Crippen molar-refractivity contribution >= 4 is 22.2 Å². The van der Waals surface area contributed by atoms with Gasteiger partial charge in [0.15, 0.2) is 6.29 Å². The summed E-state index contributed by atoms with van der Waals surface area (Å²) in [4.78, 5) is 11.0. The number of halogens is 1. The van der Waals surface area contributed by atoms with Gasteiger partial charge >= 0.3 is 0 Å². The normalized spacial score (nSPS) is 10.3. The Morgan fingerprint density at radius 3 is 2.71 bits per heavy atom. The second-order valence-corrected chi connectivity index (χ2v) is 4.50. The lowest BCUT2D eigenvalue weighted by Crippen LogP contribution is -2.00. The number of carbonyl (C=O) groups is 1. The van der Waals surface area contributed by atoms with Crippen molar-refractivity contribution < 1.29 is 9.53 Å². The van der Waals surface area contributed by atoms with Crippen molar-refractivity contribution in [3.8, 4) is 11.4 Å². The largest absolute Gasteiger partial charge is 0.496 e. The summed E-state index contributed by atoms with van der Waals surface area (Å²) in [5, 5.41) is 0. The molecule has 1 heterocycles. The van der Waals surface area contributed by atoms with E-state index < -0.39 is 0 Å². The van der Waals surface area contributed by atoms with Crippen LogP contribution in [0, 0.1) is 6.92 Å². The van der Waals surface area contributed by atoms with Crippen molar-refractivity contribution in [2.75, 3.05) is 7.11 Å². The minimum absolute atomic E-state index is 0.600. The van der Waals surface area contributed by atoms with Gasteiger partial charge in [0.2, 0.25) is 0 Å². The molecule has 0 radical (unpaired) electrons. The molecule has 0 unspecified atom stereocenters. The number of ether oxygens (including phenoxy) is 1. The molecule has 0 aliphatic carbocycles. The van der Waals surface area contributed by atoms with Crippen molar-refractivity contribution in [1.29, 1.82) is 0 Å². The lowest BCUT2D eigenvalue weighted by Gasteiger charge is -2.11. The van der Waals surface area contributed by atoms with Gasteiger partial charge in [-0.3, -0.25) is 4.79 Å². The zero-order valence-electron chi connectivity index (χ0n) is 9.61. The van der Waals surface area contributed by atoms with Crippen molar-refractivity contribution in [3.63, 3.8) is 0 Å². The van der Waals surface area contributed by atoms with E-state index in [1.165, 1.54) is 0 Å². The molecule has 3 nitrogen and oxygen atoms in total. The lowest BCUT2D eigenvalue weighted by atomic mass is 10.2. The molecule has 0 atom stereocenters. The first kappa shape index (κ1) is 11.9. The fraction of sp³-hybridized carbons (Fsp3) is 0.154. The van der Waals surface area contributed by atoms with Gasteiger partial charge in [0.25, 0.3) is 0 Å². The van der Waals surface area contributed by atoms with Crippen molar-refractivity contribution in [1.82, 2.24) is 4.57 Å². The maximum absolute atomic E-state index is 11.0. The summed E-state index contributed by atoms with van der Waals surface area (Å²) in [7, 11) is 1.64. The summed E-state index contributed by atoms with van der Waals surface area (Å²) < 4.78 is 7.95. The Bertz CT molecular complexity index is 561. The zero-order chi connectivity index (χ0) is 12.4. The highest BCUT2D eigenvalue weighted by Crippen LogP contribution is 2.26. The number of aldehydes is 1. The van der Waals surface area contributed by atoms with Gasteiger partial charge in [0, 0.05) is 6.07 Å². The number of hydrogen-bond donors (Lipinski definition) is 0. The standard InChI is InChI=1S/C13H12BrNO2/c1-9-3-4-10(7-12(9)17-2)15-11(8-16)5-6-13(15)14/h3-8H,1-2H3. The van der Waals surface area contributed by atoms with Crippen LogP contribution in [0.4, 0.5) is 0 Å². The molecule has 17 heavy (non-hydrogen) atoms. The Labute approximate surface area is 108 Å². The molecule has 2 rings (SSSR count). The molecule has 0 aliphatic heterocycles. The summed E-state index contributed by atoms with van der Waals surface area (Å²) in [6, 6.07) is 9.44. The molecule has 0 amide bonds. The van der Waals surface area contributed by atoms with Gasteiger partial charge in [-0.25, -0.2) is 0 Å². The summed E-state index contributed by atoms with van der Waals surface area (Å²) in [6.07, 6.45) is 0.830. The van der Waals surface area contributed by atoms with Gasteiger partial charge in [-0.1, -0.05) is 6.07 Å². The number of hydrogen-bond acceptors (Lipinski definition) is 2. The van der Waals surface area contributed by atoms with E-state index in [0.717, 1.165) is 27.9 Å². The van der Waals surface area contributed by atoms with E-state index in [9.17, 15) is 4.79 Å². The molecular weight excluding hydrogens is 282 g/mol. The highest BCUT2D eigenvalue weighted by Gasteiger charge is 2.09. The second kappa shape index (κ2) is 4.75. The average molecular weight is 294 g/mol. The fourth-order valence-electron chi connectivity index (χ4n) is 1.74. The van der Waals surface area contributed by atoms with E-state index in [4.69, 9.17) is 4.74 Å². The molecule has 0 bridgehead atoms. The fourth-order valence-corrected chi connectivity index (χ4v) is 2.28. The summed E-state index contributed by atoms with van der Waals surface area (Å²) >= 11 is 3.42. The Morgan fingerprint density at radius 1 is 1.29 bits per heavy atom. The van der Waals surface area contributed by atoms with Gasteiger partial charge in [0.1, 0.15) is 5.75 Å². The topological polar surface area (TPSA) is 31.2 Å². The second-order valence-electron chi connectivity index (χ2n) is 3.69. The minimum Gasteiger partial charge on any atom is -0.496 e. The first-order valence-electron chi connectivity index (χ1n) is 5.15. The van der Waals surface area contributed by atoms with E-state index in [2.05, 4.69) is 15.9 Å². The van der Waals surface area contributed by atoms with Crippen LogP contribution in [-0.2, 0) is 0 Å². The number of aryl methyl sites for hydroxylation is 1. The molecular formula is C13H12BrNO2. The number of methoxy groups -OCH3 is 1. The maximum atomic E-state index is 11.0. The minimum atomic E-state index is 0.600. The third-order valence-corrected chi connectivity index (χ3v) is 3.25. The molecule has 88 valence electrons. The Balaban J connectivity index is 2.60. The Kier molecular flexibility index (Phi) is 3.33. The van der Waals surface area contributed by atoms with Crippen molar-refractivity contribution in [2.24, 2.45) is 0 Å². The molecule has 0 saturated heterocycles. The predicted octanol–water partition coefficient (Wildman–Crippen LogP) is 3.37. The third-order valence-electron chi connectivity index (χ3n) is 2.63. The molecule has 1 aromatic heterocycles. The van der Waals surface area contributed by atoms with Crippen LogP contribution in [0.1, 0.15) is 16.1 Å². The molecule has 1 aromatic carbocycles. The molecule has 0 saturated carbocycles. The van der Waals surface area contributed by atoms with Crippen LogP contribution in [0.5, 0.6) is 5.75 Å². The predicted molar refractivity (Wildman–Crippen MR) is 70.1 cm³/mol. The van der Waals surface area contributed by atoms with E-state index in [0.29, 0.717) is 5.69 Å². The van der Waals surface area contributed by atoms with Crippen LogP contribution in [0.2, 0.25) is 0 Å². The summed E-state index contributed by atoms with van der Waals surface area (Å²) in [5.41, 5.74) is 2.56. The van der Waals surface area contributed by atoms with Crippen molar-refractivity contribution in [3.05, 3.63) is 46.2 Å². The van der Waals surface area contributed by atoms with E-state index in [-0.39, 0.29) is 0 Å². The van der Waals surface area contributed by atoms with Gasteiger partial charge in [-0.15, -0.1) is 0 Å². The number of carbonyl (C=O) groups excluding carboxylic acids is 1. The quantitative estimate of drug-likeness (QED) is 0.813. The van der Waals surface area contributed by atoms with E-state index >= 15 is 0 Å². The van der Waals surface area contributed by atoms with Gasteiger partial charge in [-0.2, -0.15) is 0 Å². The number of benzene rings is 1. The number of aromatic nitrogens is 1. The third kappa shape index (κ3) is 2.13. The van der Waals surface area contributed by atoms with Crippen LogP contribution < -0.4 is 4.74 Å². The Hall–Kier alpha value is -1.55. The first-order chi connectivity index (χ1) is 8.17. The molecule has 0 N–H and O–H groups in total. The van der Waals surface area contributed by atoms with Gasteiger partial charge in [0.05, 0.1) is 23.1 Å². The molecule has 0 aliphatic rings. The highest BCUT2D eigenvalue weighted by molar-refractivity contribution is 9.10. The highest BCUT2D eigenvalue weighted by atomic mass is 79.9. The summed E-state index contributed by atoms with van der Waals surface area (Å²) in [6.45, 7) is 1.98. The van der Waals surface area contributed by atoms with Crippen LogP contribution in [-0.4, -0.2) is 18.0 Å². The van der Waals surface area contributed by atoms with Gasteiger partial charge < -0.3 is 9.30 Å². The number of rotatable bonds is 3. The zero-order valence-corrected chi connectivity index (χ0v) is 11.2. The lowest BCUT2D eigenvalue weighted by molar-refractivity contribution is 0.111. The molecule has 0 spiro atoms.